The Kier molecular flexibility index (Phi) is 4.71. The van der Waals surface area contributed by atoms with E-state index in [1.54, 1.807) is 11.3 Å². The van der Waals surface area contributed by atoms with Crippen molar-refractivity contribution in [1.29, 1.82) is 0 Å². The summed E-state index contributed by atoms with van der Waals surface area (Å²) < 4.78 is 0. The predicted octanol–water partition coefficient (Wildman–Crippen LogP) is 1.64. The van der Waals surface area contributed by atoms with Gasteiger partial charge in [0.05, 0.1) is 5.39 Å². The number of aliphatic carboxylic acids is 1. The van der Waals surface area contributed by atoms with Crippen LogP contribution in [0.25, 0.3) is 10.2 Å². The molecule has 2 aromatic heterocycles. The van der Waals surface area contributed by atoms with E-state index in [9.17, 15) is 9.59 Å². The molecular weight excluding hydrogens is 316 g/mol. The summed E-state index contributed by atoms with van der Waals surface area (Å²) in [5.41, 5.74) is 0. The van der Waals surface area contributed by atoms with E-state index in [0.717, 1.165) is 35.4 Å². The van der Waals surface area contributed by atoms with Crippen LogP contribution in [0.4, 0.5) is 5.82 Å². The summed E-state index contributed by atoms with van der Waals surface area (Å²) in [5.74, 6) is -0.100. The van der Waals surface area contributed by atoms with Gasteiger partial charge in [-0.25, -0.2) is 9.97 Å². The monoisotopic (exact) mass is 334 g/mol. The fraction of sp³-hybridized carbons (Fsp3) is 0.467. The second-order valence-corrected chi connectivity index (χ2v) is 6.37. The lowest BCUT2D eigenvalue weighted by atomic mass is 10.2. The third kappa shape index (κ3) is 3.42. The van der Waals surface area contributed by atoms with Crippen LogP contribution in [0, 0.1) is 0 Å². The Bertz CT molecular complexity index is 718. The molecule has 8 heteroatoms. The van der Waals surface area contributed by atoms with E-state index in [1.165, 1.54) is 6.33 Å². The molecule has 1 saturated heterocycles. The van der Waals surface area contributed by atoms with Crippen molar-refractivity contribution in [3.8, 4) is 0 Å². The number of aromatic nitrogens is 2. The van der Waals surface area contributed by atoms with Gasteiger partial charge in [0.2, 0.25) is 5.91 Å². The number of thiophene rings is 1. The van der Waals surface area contributed by atoms with Crippen LogP contribution in [0.1, 0.15) is 25.7 Å². The zero-order chi connectivity index (χ0) is 16.2. The first-order valence-electron chi connectivity index (χ1n) is 7.61. The molecule has 2 aromatic rings. The molecule has 7 nitrogen and oxygen atoms in total. The standard InChI is InChI=1S/C15H18N4O3S/c20-12(21)4-1-6-16-14(22)11-3-2-7-19(11)13-10-5-8-23-15(10)18-9-17-13/h5,8-9,11H,1-4,6-7H2,(H,16,22)(H,20,21). The molecule has 1 aliphatic rings. The van der Waals surface area contributed by atoms with Crippen molar-refractivity contribution in [1.82, 2.24) is 15.3 Å². The molecule has 3 heterocycles. The highest BCUT2D eigenvalue weighted by molar-refractivity contribution is 7.16. The SMILES string of the molecule is O=C(O)CCCNC(=O)C1CCCN1c1ncnc2sccc12. The van der Waals surface area contributed by atoms with E-state index < -0.39 is 5.97 Å². The Balaban J connectivity index is 1.69. The summed E-state index contributed by atoms with van der Waals surface area (Å²) in [7, 11) is 0. The molecule has 0 spiro atoms. The molecule has 3 rings (SSSR count). The van der Waals surface area contributed by atoms with E-state index in [-0.39, 0.29) is 18.4 Å². The molecule has 1 fully saturated rings. The van der Waals surface area contributed by atoms with Gasteiger partial charge in [-0.1, -0.05) is 0 Å². The highest BCUT2D eigenvalue weighted by Crippen LogP contribution is 2.31. The van der Waals surface area contributed by atoms with E-state index >= 15 is 0 Å². The average molecular weight is 334 g/mol. The molecule has 2 N–H and O–H groups in total. The summed E-state index contributed by atoms with van der Waals surface area (Å²) in [6.45, 7) is 1.17. The average Bonchev–Trinajstić information content (AvgIpc) is 3.19. The maximum Gasteiger partial charge on any atom is 0.303 e. The Morgan fingerprint density at radius 2 is 2.30 bits per heavy atom. The van der Waals surface area contributed by atoms with Crippen molar-refractivity contribution in [2.75, 3.05) is 18.0 Å². The fourth-order valence-electron chi connectivity index (χ4n) is 2.87. The van der Waals surface area contributed by atoms with E-state index in [0.29, 0.717) is 13.0 Å². The Hall–Kier alpha value is -2.22. The normalized spacial score (nSPS) is 17.6. The highest BCUT2D eigenvalue weighted by atomic mass is 32.1. The minimum atomic E-state index is -0.845. The van der Waals surface area contributed by atoms with Gasteiger partial charge in [0.15, 0.2) is 0 Å². The highest BCUT2D eigenvalue weighted by Gasteiger charge is 2.32. The van der Waals surface area contributed by atoms with E-state index in [4.69, 9.17) is 5.11 Å². The number of fused-ring (bicyclic) bond motifs is 1. The van der Waals surface area contributed by atoms with Gasteiger partial charge >= 0.3 is 5.97 Å². The first-order valence-corrected chi connectivity index (χ1v) is 8.49. The van der Waals surface area contributed by atoms with Crippen molar-refractivity contribution in [3.63, 3.8) is 0 Å². The number of carboxylic acid groups (broad SMARTS) is 1. The molecule has 0 radical (unpaired) electrons. The number of carboxylic acids is 1. The molecule has 1 aliphatic heterocycles. The first-order chi connectivity index (χ1) is 11.2. The van der Waals surface area contributed by atoms with Gasteiger partial charge in [-0.05, 0) is 30.7 Å². The molecular formula is C15H18N4O3S. The lowest BCUT2D eigenvalue weighted by Crippen LogP contribution is -2.44. The minimum Gasteiger partial charge on any atom is -0.481 e. The maximum atomic E-state index is 12.4. The topological polar surface area (TPSA) is 95.4 Å². The number of hydrogen-bond acceptors (Lipinski definition) is 6. The second-order valence-electron chi connectivity index (χ2n) is 5.48. The quantitative estimate of drug-likeness (QED) is 0.780. The lowest BCUT2D eigenvalue weighted by molar-refractivity contribution is -0.137. The summed E-state index contributed by atoms with van der Waals surface area (Å²) in [4.78, 5) is 34.5. The molecule has 122 valence electrons. The minimum absolute atomic E-state index is 0.0603. The van der Waals surface area contributed by atoms with Gasteiger partial charge in [0, 0.05) is 19.5 Å². The summed E-state index contributed by atoms with van der Waals surface area (Å²) in [5, 5.41) is 14.4. The van der Waals surface area contributed by atoms with Crippen LogP contribution in [-0.4, -0.2) is 46.1 Å². The number of nitrogens with zero attached hydrogens (tertiary/aromatic N) is 3. The number of rotatable bonds is 6. The summed E-state index contributed by atoms with van der Waals surface area (Å²) in [6, 6.07) is 1.73. The van der Waals surface area contributed by atoms with Gasteiger partial charge < -0.3 is 15.3 Å². The lowest BCUT2D eigenvalue weighted by Gasteiger charge is -2.25. The number of amides is 1. The third-order valence-corrected chi connectivity index (χ3v) is 4.76. The zero-order valence-electron chi connectivity index (χ0n) is 12.6. The largest absolute Gasteiger partial charge is 0.481 e. The Morgan fingerprint density at radius 3 is 3.13 bits per heavy atom. The smallest absolute Gasteiger partial charge is 0.303 e. The maximum absolute atomic E-state index is 12.4. The number of nitrogens with one attached hydrogen (secondary N) is 1. The summed E-state index contributed by atoms with van der Waals surface area (Å²) >= 11 is 1.56. The molecule has 1 unspecified atom stereocenters. The van der Waals surface area contributed by atoms with Crippen LogP contribution in [0.15, 0.2) is 17.8 Å². The third-order valence-electron chi connectivity index (χ3n) is 3.93. The molecule has 1 amide bonds. The van der Waals surface area contributed by atoms with Crippen LogP contribution in [0.5, 0.6) is 0 Å². The van der Waals surface area contributed by atoms with Gasteiger partial charge in [-0.2, -0.15) is 0 Å². The van der Waals surface area contributed by atoms with Gasteiger partial charge in [-0.15, -0.1) is 11.3 Å². The fourth-order valence-corrected chi connectivity index (χ4v) is 3.59. The van der Waals surface area contributed by atoms with Gasteiger partial charge in [-0.3, -0.25) is 9.59 Å². The Morgan fingerprint density at radius 1 is 1.43 bits per heavy atom. The van der Waals surface area contributed by atoms with Crippen molar-refractivity contribution in [2.24, 2.45) is 0 Å². The molecule has 0 saturated carbocycles. The van der Waals surface area contributed by atoms with Crippen LogP contribution in [-0.2, 0) is 9.59 Å². The zero-order valence-corrected chi connectivity index (χ0v) is 13.4. The number of hydrogen-bond donors (Lipinski definition) is 2. The van der Waals surface area contributed by atoms with Crippen LogP contribution in [0.3, 0.4) is 0 Å². The number of carbonyl (C=O) groups excluding carboxylic acids is 1. The summed E-state index contributed by atoms with van der Waals surface area (Å²) in [6.07, 6.45) is 3.75. The molecule has 1 atom stereocenters. The molecule has 0 aromatic carbocycles. The molecule has 0 aliphatic carbocycles. The van der Waals surface area contributed by atoms with Crippen LogP contribution < -0.4 is 10.2 Å². The van der Waals surface area contributed by atoms with Crippen molar-refractivity contribution in [2.45, 2.75) is 31.7 Å². The van der Waals surface area contributed by atoms with Crippen LogP contribution in [0.2, 0.25) is 0 Å². The van der Waals surface area contributed by atoms with Gasteiger partial charge in [0.1, 0.15) is 23.0 Å². The van der Waals surface area contributed by atoms with E-state index in [2.05, 4.69) is 15.3 Å². The van der Waals surface area contributed by atoms with Crippen molar-refractivity contribution < 1.29 is 14.7 Å². The second kappa shape index (κ2) is 6.91. The van der Waals surface area contributed by atoms with Crippen LogP contribution >= 0.6 is 11.3 Å². The number of anilines is 1. The predicted molar refractivity (Wildman–Crippen MR) is 87.7 cm³/mol. The van der Waals surface area contributed by atoms with E-state index in [1.807, 2.05) is 16.3 Å². The number of carbonyl (C=O) groups is 2. The Labute approximate surface area is 137 Å². The molecule has 23 heavy (non-hydrogen) atoms. The molecule has 0 bridgehead atoms. The van der Waals surface area contributed by atoms with Crippen molar-refractivity contribution in [3.05, 3.63) is 17.8 Å². The first kappa shape index (κ1) is 15.7. The van der Waals surface area contributed by atoms with Gasteiger partial charge in [0.25, 0.3) is 0 Å². The van der Waals surface area contributed by atoms with Crippen molar-refractivity contribution >= 4 is 39.2 Å².